The smallest absolute Gasteiger partial charge is 0.355 e. The van der Waals surface area contributed by atoms with E-state index in [1.807, 2.05) is 0 Å². The van der Waals surface area contributed by atoms with Gasteiger partial charge in [-0.2, -0.15) is 0 Å². The first kappa shape index (κ1) is 12.0. The van der Waals surface area contributed by atoms with Crippen LogP contribution in [-0.4, -0.2) is 21.5 Å². The van der Waals surface area contributed by atoms with Gasteiger partial charge in [0.05, 0.1) is 5.02 Å². The maximum absolute atomic E-state index is 10.7. The van der Waals surface area contributed by atoms with Crippen LogP contribution in [0.15, 0.2) is 30.5 Å². The molecule has 2 aromatic rings. The first-order chi connectivity index (χ1) is 8.09. The number of halogens is 1. The molecular weight excluding hydrogens is 262 g/mol. The van der Waals surface area contributed by atoms with Gasteiger partial charge in [-0.25, -0.2) is 4.79 Å². The van der Waals surface area contributed by atoms with Crippen molar-refractivity contribution in [3.05, 3.63) is 35.5 Å². The highest BCUT2D eigenvalue weighted by Gasteiger charge is 2.16. The van der Waals surface area contributed by atoms with E-state index >= 15 is 0 Å². The Bertz CT molecular complexity index is 576. The predicted octanol–water partition coefficient (Wildman–Crippen LogP) is 2.61. The number of carbonyl (C=O) groups is 1. The number of benzene rings is 1. The lowest BCUT2D eigenvalue weighted by atomic mass is 10.2. The van der Waals surface area contributed by atoms with E-state index in [2.05, 4.69) is 17.6 Å². The minimum absolute atomic E-state index is 0.340. The first-order valence-corrected chi connectivity index (χ1v) is 5.60. The molecule has 0 radical (unpaired) electrons. The summed E-state index contributed by atoms with van der Waals surface area (Å²) in [6.07, 6.45) is 1.58. The van der Waals surface area contributed by atoms with Gasteiger partial charge in [0.1, 0.15) is 11.3 Å². The van der Waals surface area contributed by atoms with Gasteiger partial charge in [0.2, 0.25) is 5.44 Å². The highest BCUT2D eigenvalue weighted by Crippen LogP contribution is 2.30. The van der Waals surface area contributed by atoms with Crippen LogP contribution in [-0.2, 0) is 4.79 Å². The Morgan fingerprint density at radius 2 is 2.24 bits per heavy atom. The number of ether oxygens (including phenoxy) is 1. The molecule has 1 aromatic heterocycles. The van der Waals surface area contributed by atoms with Crippen molar-refractivity contribution >= 4 is 41.1 Å². The van der Waals surface area contributed by atoms with E-state index in [-0.39, 0.29) is 0 Å². The predicted molar refractivity (Wildman–Crippen MR) is 67.8 cm³/mol. The van der Waals surface area contributed by atoms with Gasteiger partial charge in [0, 0.05) is 11.6 Å². The van der Waals surface area contributed by atoms with Gasteiger partial charge < -0.3 is 9.84 Å². The summed E-state index contributed by atoms with van der Waals surface area (Å²) < 4.78 is 5.19. The van der Waals surface area contributed by atoms with E-state index in [0.29, 0.717) is 21.7 Å². The first-order valence-electron chi connectivity index (χ1n) is 4.70. The van der Waals surface area contributed by atoms with Gasteiger partial charge in [-0.1, -0.05) is 11.6 Å². The largest absolute Gasteiger partial charge is 0.478 e. The van der Waals surface area contributed by atoms with E-state index in [0.717, 1.165) is 0 Å². The number of aliphatic carboxylic acids is 1. The Balaban J connectivity index is 2.48. The van der Waals surface area contributed by atoms with Crippen LogP contribution in [0, 0.1) is 0 Å². The summed E-state index contributed by atoms with van der Waals surface area (Å²) in [6.45, 7) is 0. The quantitative estimate of drug-likeness (QED) is 0.664. The summed E-state index contributed by atoms with van der Waals surface area (Å²) in [5.41, 5.74) is -0.721. The highest BCUT2D eigenvalue weighted by atomic mass is 35.5. The van der Waals surface area contributed by atoms with E-state index in [4.69, 9.17) is 21.4 Å². The minimum Gasteiger partial charge on any atom is -0.478 e. The third-order valence-corrected chi connectivity index (χ3v) is 2.79. The number of carboxylic acids is 1. The van der Waals surface area contributed by atoms with Gasteiger partial charge in [-0.3, -0.25) is 4.98 Å². The second-order valence-corrected chi connectivity index (χ2v) is 4.13. The van der Waals surface area contributed by atoms with Crippen LogP contribution in [0.5, 0.6) is 5.75 Å². The van der Waals surface area contributed by atoms with Crippen LogP contribution in [0.2, 0.25) is 5.02 Å². The molecule has 0 saturated carbocycles. The van der Waals surface area contributed by atoms with Gasteiger partial charge in [-0.15, -0.1) is 12.6 Å². The Morgan fingerprint density at radius 1 is 1.47 bits per heavy atom. The van der Waals surface area contributed by atoms with Crippen molar-refractivity contribution in [1.82, 2.24) is 4.98 Å². The average Bonchev–Trinajstić information content (AvgIpc) is 2.33. The number of carboxylic acid groups (broad SMARTS) is 1. The summed E-state index contributed by atoms with van der Waals surface area (Å²) >= 11 is 9.80. The van der Waals surface area contributed by atoms with Crippen molar-refractivity contribution in [3.8, 4) is 5.75 Å². The second-order valence-electron chi connectivity index (χ2n) is 3.25. The Kier molecular flexibility index (Phi) is 3.40. The average molecular weight is 270 g/mol. The SMILES string of the molecule is O=C(O)C(S)Oc1ccc(Cl)c2cccnc12. The lowest BCUT2D eigenvalue weighted by Crippen LogP contribution is -2.20. The van der Waals surface area contributed by atoms with Crippen LogP contribution >= 0.6 is 24.2 Å². The van der Waals surface area contributed by atoms with E-state index in [9.17, 15) is 4.79 Å². The third-order valence-electron chi connectivity index (χ3n) is 2.13. The standard InChI is InChI=1S/C11H8ClNO3S/c12-7-3-4-8(16-11(17)10(14)15)9-6(7)2-1-5-13-9/h1-5,11,17H,(H,14,15). The van der Waals surface area contributed by atoms with Gasteiger partial charge in [0.25, 0.3) is 0 Å². The lowest BCUT2D eigenvalue weighted by Gasteiger charge is -2.11. The second kappa shape index (κ2) is 4.81. The zero-order valence-corrected chi connectivity index (χ0v) is 10.2. The summed E-state index contributed by atoms with van der Waals surface area (Å²) in [4.78, 5) is 14.8. The van der Waals surface area contributed by atoms with Crippen molar-refractivity contribution in [2.24, 2.45) is 0 Å². The van der Waals surface area contributed by atoms with Crippen LogP contribution < -0.4 is 4.74 Å². The molecule has 1 aromatic carbocycles. The van der Waals surface area contributed by atoms with Crippen molar-refractivity contribution in [1.29, 1.82) is 0 Å². The fourth-order valence-electron chi connectivity index (χ4n) is 1.38. The van der Waals surface area contributed by atoms with Crippen LogP contribution in [0.1, 0.15) is 0 Å². The molecule has 0 amide bonds. The number of thiol groups is 1. The number of aromatic nitrogens is 1. The Hall–Kier alpha value is -1.46. The van der Waals surface area contributed by atoms with Gasteiger partial charge in [-0.05, 0) is 24.3 Å². The maximum atomic E-state index is 10.7. The van der Waals surface area contributed by atoms with Gasteiger partial charge >= 0.3 is 5.97 Å². The number of rotatable bonds is 3. The monoisotopic (exact) mass is 269 g/mol. The summed E-state index contributed by atoms with van der Waals surface area (Å²) in [7, 11) is 0. The Labute approximate surface area is 108 Å². The third kappa shape index (κ3) is 2.45. The molecule has 0 bridgehead atoms. The number of hydrogen-bond donors (Lipinski definition) is 2. The van der Waals surface area contributed by atoms with Crippen molar-refractivity contribution < 1.29 is 14.6 Å². The van der Waals surface area contributed by atoms with Crippen LogP contribution in [0.25, 0.3) is 10.9 Å². The van der Waals surface area contributed by atoms with Crippen molar-refractivity contribution in [3.63, 3.8) is 0 Å². The molecule has 2 rings (SSSR count). The lowest BCUT2D eigenvalue weighted by molar-refractivity contribution is -0.140. The molecule has 0 aliphatic heterocycles. The molecule has 0 fully saturated rings. The van der Waals surface area contributed by atoms with Gasteiger partial charge in [0.15, 0.2) is 0 Å². The fourth-order valence-corrected chi connectivity index (χ4v) is 1.71. The molecular formula is C11H8ClNO3S. The molecule has 0 saturated heterocycles. The van der Waals surface area contributed by atoms with E-state index in [1.54, 1.807) is 30.5 Å². The molecule has 17 heavy (non-hydrogen) atoms. The molecule has 0 spiro atoms. The number of hydrogen-bond acceptors (Lipinski definition) is 4. The van der Waals surface area contributed by atoms with Crippen LogP contribution in [0.4, 0.5) is 0 Å². The van der Waals surface area contributed by atoms with Crippen molar-refractivity contribution in [2.45, 2.75) is 5.44 Å². The summed E-state index contributed by atoms with van der Waals surface area (Å²) in [5.74, 6) is -0.820. The minimum atomic E-state index is -1.23. The normalized spacial score (nSPS) is 12.4. The Morgan fingerprint density at radius 3 is 2.94 bits per heavy atom. The van der Waals surface area contributed by atoms with E-state index in [1.165, 1.54) is 0 Å². The molecule has 0 aliphatic carbocycles. The van der Waals surface area contributed by atoms with Crippen molar-refractivity contribution in [2.75, 3.05) is 0 Å². The number of fused-ring (bicyclic) bond motifs is 1. The molecule has 4 nitrogen and oxygen atoms in total. The highest BCUT2D eigenvalue weighted by molar-refractivity contribution is 7.81. The fraction of sp³-hybridized carbons (Fsp3) is 0.0909. The summed E-state index contributed by atoms with van der Waals surface area (Å²) in [6, 6.07) is 6.73. The molecule has 1 atom stereocenters. The summed E-state index contributed by atoms with van der Waals surface area (Å²) in [5, 5.41) is 9.96. The zero-order chi connectivity index (χ0) is 12.4. The molecule has 6 heteroatoms. The van der Waals surface area contributed by atoms with Crippen LogP contribution in [0.3, 0.4) is 0 Å². The molecule has 88 valence electrons. The maximum Gasteiger partial charge on any atom is 0.355 e. The molecule has 0 aliphatic rings. The number of nitrogens with zero attached hydrogens (tertiary/aromatic N) is 1. The van der Waals surface area contributed by atoms with E-state index < -0.39 is 11.4 Å². The molecule has 1 unspecified atom stereocenters. The molecule has 1 N–H and O–H groups in total. The molecule has 1 heterocycles. The topological polar surface area (TPSA) is 59.4 Å². The zero-order valence-electron chi connectivity index (χ0n) is 8.50. The number of pyridine rings is 1.